The molecule has 1 aliphatic carbocycles. The Kier molecular flexibility index (Phi) is 71.8. The largest absolute Gasteiger partial charge is 0.491 e. The Bertz CT molecular complexity index is 5130. The van der Waals surface area contributed by atoms with Crippen molar-refractivity contribution in [2.24, 2.45) is 0 Å². The van der Waals surface area contributed by atoms with Gasteiger partial charge >= 0.3 is 0 Å². The van der Waals surface area contributed by atoms with Crippen LogP contribution in [0.25, 0.3) is 0 Å². The van der Waals surface area contributed by atoms with Gasteiger partial charge in [-0.2, -0.15) is 11.8 Å². The molecule has 148 heavy (non-hydrogen) atoms. The first-order chi connectivity index (χ1) is 68.8. The third-order valence-corrected chi connectivity index (χ3v) is 26.0. The lowest BCUT2D eigenvalue weighted by atomic mass is 9.99. The van der Waals surface area contributed by atoms with Gasteiger partial charge in [0.05, 0.1) is 21.2 Å². The second-order valence-corrected chi connectivity index (χ2v) is 45.0. The molecule has 0 radical (unpaired) electrons. The van der Waals surface area contributed by atoms with Crippen LogP contribution in [0.3, 0.4) is 0 Å². The molecule has 0 N–H and O–H groups in total. The molecule has 3 heterocycles. The number of hydrogen-bond acceptors (Lipinski definition) is 7. The van der Waals surface area contributed by atoms with Crippen LogP contribution in [0.2, 0.25) is 20.2 Å². The van der Waals surface area contributed by atoms with E-state index in [0.29, 0.717) is 97.2 Å². The minimum atomic E-state index is -0.264. The molecule has 0 bridgehead atoms. The van der Waals surface area contributed by atoms with Crippen LogP contribution >= 0.6 is 69.9 Å². The monoisotopic (exact) mass is 2120 g/mol. The van der Waals surface area contributed by atoms with E-state index >= 15 is 0 Å². The number of hydrogen-bond donors (Lipinski definition) is 0. The summed E-state index contributed by atoms with van der Waals surface area (Å²) < 4.78 is 18.9. The Morgan fingerprint density at radius 2 is 0.649 bits per heavy atom. The van der Waals surface area contributed by atoms with E-state index in [4.69, 9.17) is 51.1 Å². The maximum Gasteiger partial charge on any atom is 0.142 e. The van der Waals surface area contributed by atoms with Crippen molar-refractivity contribution >= 4 is 69.9 Å². The minimum Gasteiger partial charge on any atom is -0.491 e. The van der Waals surface area contributed by atoms with Crippen LogP contribution in [0, 0.1) is 68.1 Å². The van der Waals surface area contributed by atoms with Gasteiger partial charge in [0.15, 0.2) is 0 Å². The molecule has 1 aliphatic rings. The van der Waals surface area contributed by atoms with E-state index in [9.17, 15) is 4.39 Å². The quantitative estimate of drug-likeness (QED) is 0.0627. The summed E-state index contributed by atoms with van der Waals surface area (Å²) in [7, 11) is 0. The minimum absolute atomic E-state index is 0. The first kappa shape index (κ1) is 138. The van der Waals surface area contributed by atoms with Crippen LogP contribution in [-0.4, -0.2) is 38.6 Å². The predicted molar refractivity (Wildman–Crippen MR) is 663 cm³/mol. The van der Waals surface area contributed by atoms with Crippen LogP contribution in [0.1, 0.15) is 413 Å². The molecule has 0 amide bonds. The van der Waals surface area contributed by atoms with E-state index in [1.807, 2.05) is 88.1 Å². The van der Waals surface area contributed by atoms with E-state index in [-0.39, 0.29) is 26.8 Å². The van der Waals surface area contributed by atoms with Gasteiger partial charge in [0.25, 0.3) is 0 Å². The van der Waals surface area contributed by atoms with Crippen molar-refractivity contribution in [3.63, 3.8) is 0 Å². The highest BCUT2D eigenvalue weighted by Gasteiger charge is 2.28. The van der Waals surface area contributed by atoms with Crippen molar-refractivity contribution < 1.29 is 9.13 Å². The van der Waals surface area contributed by atoms with E-state index in [0.717, 1.165) is 47.0 Å². The summed E-state index contributed by atoms with van der Waals surface area (Å²) >= 11 is 26.4. The summed E-state index contributed by atoms with van der Waals surface area (Å²) in [5, 5.41) is 2.18. The molecule has 0 saturated heterocycles. The molecule has 1 saturated carbocycles. The number of thioether (sulfide) groups is 2. The average Bonchev–Trinajstić information content (AvgIpc) is 1.66. The zero-order valence-corrected chi connectivity index (χ0v) is 101. The van der Waals surface area contributed by atoms with Gasteiger partial charge < -0.3 is 4.74 Å². The van der Waals surface area contributed by atoms with Gasteiger partial charge in [0, 0.05) is 47.0 Å². The molecule has 11 aromatic carbocycles. The van der Waals surface area contributed by atoms with Crippen molar-refractivity contribution in [1.29, 1.82) is 0 Å². The molecule has 1 fully saturated rings. The number of pyridine rings is 2. The zero-order valence-electron chi connectivity index (χ0n) is 96.0. The number of rotatable bonds is 18. The summed E-state index contributed by atoms with van der Waals surface area (Å²) in [4.78, 5) is 17.5. The van der Waals surface area contributed by atoms with Gasteiger partial charge in [-0.1, -0.05) is 497 Å². The fraction of sp³-hybridized carbons (Fsp3) is 0.412. The predicted octanol–water partition coefficient (Wildman–Crippen LogP) is 44.7. The number of halogens is 5. The van der Waals surface area contributed by atoms with E-state index in [1.54, 1.807) is 36.4 Å². The number of benzene rings is 11. The molecule has 0 spiro atoms. The first-order valence-electron chi connectivity index (χ1n) is 52.4. The van der Waals surface area contributed by atoms with Crippen LogP contribution in [0.5, 0.6) is 5.75 Å². The third-order valence-electron chi connectivity index (χ3n) is 23.6. The van der Waals surface area contributed by atoms with Crippen molar-refractivity contribution in [3.05, 3.63) is 458 Å². The highest BCUT2D eigenvalue weighted by atomic mass is 35.5. The maximum absolute atomic E-state index is 13.5. The standard InChI is InChI=1S/C12H14ClF.C11H16.C10H14O.C10H14S.6C10H14.2C8H10ClN.C8H10S.C7H9ClN2.2CH4/c1-7(2)9-5-10(8-3-4-8)12(13)11(14)6-9;1-8(2)11-6-5-9(3)10(4)7-11;1-8(2)11-10-6-4-9(3)5-7-10;1-8(2)9-4-6-10(11-3)7-5-9;5*1-8(2)10-6-4-9(3)5-7-10;1-8(2)10-6-4-5-9(3)7-10;1-6(2)8-4-3-7(9)5-10-8;1-6(2)7-3-4-8(9)10-5-7;1-9-7-8-5-3-2-4-6-8;1-5(2)7-9-3-6(8)4-10-7;;/h5-8H,3-4H2,1-2H3;5-8H,1-4H3;2*4-8H,1-3H3;6*4-8H,1-3H3;2*3-6H,1-2H3;2-6H,7H2,1H3;3-5H,1-2H3;2*1H4. The van der Waals surface area contributed by atoms with E-state index in [1.165, 1.54) is 111 Å². The van der Waals surface area contributed by atoms with Crippen LogP contribution < -0.4 is 4.74 Å². The fourth-order valence-corrected chi connectivity index (χ4v) is 14.8. The Labute approximate surface area is 931 Å². The van der Waals surface area contributed by atoms with Crippen LogP contribution in [0.4, 0.5) is 4.39 Å². The number of aromatic nitrogens is 4. The summed E-state index contributed by atoms with van der Waals surface area (Å²) in [5.74, 6) is 10.1. The lowest BCUT2D eigenvalue weighted by molar-refractivity contribution is 0.242. The Morgan fingerprint density at radius 1 is 0.297 bits per heavy atom. The SMILES string of the molecule is C.C.CC(C)c1cc(F)c(Cl)c(C2CC2)c1.CC(C)c1ccc(Cl)cn1.CC(C)c1ccc(Cl)nc1.CC(C)c1ncc(Cl)cn1.CSCc1ccccc1.CSc1ccc(C(C)C)cc1.Cc1ccc(C(C)C)cc1.Cc1ccc(C(C)C)cc1.Cc1ccc(C(C)C)cc1.Cc1ccc(C(C)C)cc1.Cc1ccc(C(C)C)cc1.Cc1ccc(C(C)C)cc1C.Cc1ccc(OC(C)C)cc1.Cc1cccc(C(C)C)c1. The second-order valence-electron chi connectivity index (χ2n) is 41.6. The Hall–Kier alpha value is -9.61. The maximum atomic E-state index is 13.5. The molecular formula is C136H189Cl4FN4OS2. The highest BCUT2D eigenvalue weighted by Crippen LogP contribution is 2.45. The van der Waals surface area contributed by atoms with Crippen molar-refractivity contribution in [3.8, 4) is 5.75 Å². The summed E-state index contributed by atoms with van der Waals surface area (Å²) in [5.41, 5.74) is 29.3. The number of nitrogens with zero attached hydrogens (tertiary/aromatic N) is 4. The molecule has 806 valence electrons. The molecule has 0 atom stereocenters. The molecular weight excluding hydrogens is 1930 g/mol. The van der Waals surface area contributed by atoms with Gasteiger partial charge in [-0.3, -0.25) is 4.98 Å². The van der Waals surface area contributed by atoms with Crippen LogP contribution in [0.15, 0.2) is 309 Å². The Morgan fingerprint density at radius 3 is 0.946 bits per heavy atom. The topological polar surface area (TPSA) is 60.8 Å². The first-order valence-corrected chi connectivity index (χ1v) is 56.5. The van der Waals surface area contributed by atoms with E-state index < -0.39 is 0 Å². The second kappa shape index (κ2) is 76.8. The van der Waals surface area contributed by atoms with Gasteiger partial charge in [-0.05, 0) is 299 Å². The molecule has 15 rings (SSSR count). The van der Waals surface area contributed by atoms with Gasteiger partial charge in [-0.25, -0.2) is 19.3 Å². The number of aryl methyl sites for hydroxylation is 9. The summed E-state index contributed by atoms with van der Waals surface area (Å²) in [6, 6.07) is 97.5. The Balaban J connectivity index is 0.00000157. The third kappa shape index (κ3) is 61.6. The van der Waals surface area contributed by atoms with Gasteiger partial charge in [-0.15, -0.1) is 11.8 Å². The molecule has 0 unspecified atom stereocenters. The molecule has 14 aromatic rings. The van der Waals surface area contributed by atoms with Crippen molar-refractivity contribution in [2.45, 2.75) is 364 Å². The smallest absolute Gasteiger partial charge is 0.142 e. The van der Waals surface area contributed by atoms with Crippen molar-refractivity contribution in [2.75, 3.05) is 12.5 Å². The molecule has 5 nitrogen and oxygen atoms in total. The highest BCUT2D eigenvalue weighted by molar-refractivity contribution is 7.98. The fourth-order valence-electron chi connectivity index (χ4n) is 13.3. The average molecular weight is 2120 g/mol. The van der Waals surface area contributed by atoms with Gasteiger partial charge in [0.1, 0.15) is 22.5 Å². The van der Waals surface area contributed by atoms with Crippen molar-refractivity contribution in [1.82, 2.24) is 19.9 Å². The molecule has 0 aliphatic heterocycles. The zero-order chi connectivity index (χ0) is 110. The molecule has 12 heteroatoms. The number of ether oxygens (including phenoxy) is 1. The summed E-state index contributed by atoms with van der Waals surface area (Å²) in [6.07, 6.45) is 13.5. The van der Waals surface area contributed by atoms with E-state index in [2.05, 4.69) is 478 Å². The lowest BCUT2D eigenvalue weighted by Crippen LogP contribution is -2.05. The molecule has 3 aromatic heterocycles. The summed E-state index contributed by atoms with van der Waals surface area (Å²) in [6.45, 7) is 75.3. The normalized spacial score (nSPS) is 10.8. The van der Waals surface area contributed by atoms with Gasteiger partial charge in [0.2, 0.25) is 0 Å². The lowest BCUT2D eigenvalue weighted by Gasteiger charge is -2.10. The van der Waals surface area contributed by atoms with Crippen LogP contribution in [-0.2, 0) is 5.75 Å².